The van der Waals surface area contributed by atoms with Crippen LogP contribution in [0.5, 0.6) is 0 Å². The van der Waals surface area contributed by atoms with Gasteiger partial charge in [-0.1, -0.05) is 0 Å². The van der Waals surface area contributed by atoms with E-state index in [-0.39, 0.29) is 11.3 Å². The van der Waals surface area contributed by atoms with E-state index in [9.17, 15) is 8.78 Å². The molecule has 0 saturated carbocycles. The summed E-state index contributed by atoms with van der Waals surface area (Å²) in [6.07, 6.45) is -1.50. The summed E-state index contributed by atoms with van der Waals surface area (Å²) in [4.78, 5) is 3.72. The van der Waals surface area contributed by atoms with Crippen molar-refractivity contribution in [1.29, 1.82) is 0 Å². The number of fused-ring (bicyclic) bond motifs is 1. The Morgan fingerprint density at radius 2 is 2.33 bits per heavy atom. The quantitative estimate of drug-likeness (QED) is 0.656. The number of aryl methyl sites for hydroxylation is 1. The summed E-state index contributed by atoms with van der Waals surface area (Å²) in [5, 5.41) is 3.56. The van der Waals surface area contributed by atoms with Gasteiger partial charge in [-0.3, -0.25) is 0 Å². The SMILES string of the molecule is Cn1nc(C(F)F)c2ocnc21. The van der Waals surface area contributed by atoms with Gasteiger partial charge < -0.3 is 4.42 Å². The van der Waals surface area contributed by atoms with Crippen LogP contribution in [0.4, 0.5) is 8.78 Å². The second-order valence-electron chi connectivity index (χ2n) is 2.31. The van der Waals surface area contributed by atoms with Gasteiger partial charge in [0.1, 0.15) is 0 Å². The van der Waals surface area contributed by atoms with Crippen LogP contribution >= 0.6 is 0 Å². The minimum Gasteiger partial charge on any atom is -0.439 e. The highest BCUT2D eigenvalue weighted by atomic mass is 19.3. The molecule has 0 saturated heterocycles. The van der Waals surface area contributed by atoms with Gasteiger partial charge in [0, 0.05) is 7.05 Å². The fourth-order valence-electron chi connectivity index (χ4n) is 1.04. The molecule has 0 unspecified atom stereocenters. The van der Waals surface area contributed by atoms with Gasteiger partial charge in [-0.15, -0.1) is 0 Å². The topological polar surface area (TPSA) is 43.9 Å². The number of alkyl halides is 2. The summed E-state index contributed by atoms with van der Waals surface area (Å²) < 4.78 is 30.5. The lowest BCUT2D eigenvalue weighted by molar-refractivity contribution is 0.145. The van der Waals surface area contributed by atoms with E-state index in [4.69, 9.17) is 4.42 Å². The van der Waals surface area contributed by atoms with Crippen molar-refractivity contribution in [2.45, 2.75) is 6.43 Å². The molecule has 0 bridgehead atoms. The summed E-state index contributed by atoms with van der Waals surface area (Å²) in [5.74, 6) is 0. The lowest BCUT2D eigenvalue weighted by Gasteiger charge is -1.89. The monoisotopic (exact) mass is 173 g/mol. The second-order valence-corrected chi connectivity index (χ2v) is 2.31. The van der Waals surface area contributed by atoms with Crippen LogP contribution < -0.4 is 0 Å². The van der Waals surface area contributed by atoms with Crippen molar-refractivity contribution in [2.75, 3.05) is 0 Å². The first-order valence-electron chi connectivity index (χ1n) is 3.24. The lowest BCUT2D eigenvalue weighted by atomic mass is 10.4. The van der Waals surface area contributed by atoms with Crippen LogP contribution in [0.1, 0.15) is 12.1 Å². The van der Waals surface area contributed by atoms with Gasteiger partial charge in [0.2, 0.25) is 5.58 Å². The van der Waals surface area contributed by atoms with E-state index in [0.29, 0.717) is 5.65 Å². The third kappa shape index (κ3) is 0.806. The Kier molecular flexibility index (Phi) is 1.36. The third-order valence-corrected chi connectivity index (χ3v) is 1.55. The first-order valence-corrected chi connectivity index (χ1v) is 3.24. The largest absolute Gasteiger partial charge is 0.439 e. The van der Waals surface area contributed by atoms with Crippen LogP contribution in [0.2, 0.25) is 0 Å². The number of aromatic nitrogens is 3. The van der Waals surface area contributed by atoms with E-state index in [2.05, 4.69) is 10.1 Å². The Labute approximate surface area is 65.8 Å². The molecular weight excluding hydrogens is 168 g/mol. The van der Waals surface area contributed by atoms with Crippen LogP contribution in [0.3, 0.4) is 0 Å². The third-order valence-electron chi connectivity index (χ3n) is 1.55. The van der Waals surface area contributed by atoms with Crippen molar-refractivity contribution >= 4 is 11.2 Å². The summed E-state index contributed by atoms with van der Waals surface area (Å²) in [6, 6.07) is 0. The molecule has 0 amide bonds. The average Bonchev–Trinajstić information content (AvgIpc) is 2.53. The Hall–Kier alpha value is -1.46. The molecule has 64 valence electrons. The molecule has 4 nitrogen and oxygen atoms in total. The molecule has 2 aromatic rings. The Morgan fingerprint density at radius 3 is 3.00 bits per heavy atom. The van der Waals surface area contributed by atoms with Gasteiger partial charge in [-0.05, 0) is 0 Å². The van der Waals surface area contributed by atoms with E-state index in [1.165, 1.54) is 11.7 Å². The second kappa shape index (κ2) is 2.26. The summed E-state index contributed by atoms with van der Waals surface area (Å²) in [7, 11) is 1.54. The summed E-state index contributed by atoms with van der Waals surface area (Å²) in [6.45, 7) is 0. The summed E-state index contributed by atoms with van der Waals surface area (Å²) >= 11 is 0. The van der Waals surface area contributed by atoms with Crippen LogP contribution in [-0.4, -0.2) is 14.8 Å². The van der Waals surface area contributed by atoms with Gasteiger partial charge in [-0.2, -0.15) is 10.1 Å². The van der Waals surface area contributed by atoms with Gasteiger partial charge >= 0.3 is 0 Å². The molecule has 0 aliphatic heterocycles. The maximum absolute atomic E-state index is 12.2. The van der Waals surface area contributed by atoms with E-state index in [0.717, 1.165) is 6.39 Å². The molecule has 2 aromatic heterocycles. The van der Waals surface area contributed by atoms with E-state index in [1.54, 1.807) is 0 Å². The number of hydrogen-bond donors (Lipinski definition) is 0. The molecule has 12 heavy (non-hydrogen) atoms. The normalized spacial score (nSPS) is 11.7. The van der Waals surface area contributed by atoms with Crippen molar-refractivity contribution in [2.24, 2.45) is 7.05 Å². The fraction of sp³-hybridized carbons (Fsp3) is 0.333. The molecular formula is C6H5F2N3O. The molecule has 0 fully saturated rings. The molecule has 0 atom stereocenters. The molecule has 6 heteroatoms. The highest BCUT2D eigenvalue weighted by molar-refractivity contribution is 5.71. The highest BCUT2D eigenvalue weighted by Gasteiger charge is 2.20. The van der Waals surface area contributed by atoms with Crippen molar-refractivity contribution in [3.05, 3.63) is 12.1 Å². The zero-order valence-electron chi connectivity index (χ0n) is 6.16. The minimum atomic E-state index is -2.62. The lowest BCUT2D eigenvalue weighted by Crippen LogP contribution is -1.92. The zero-order valence-corrected chi connectivity index (χ0v) is 6.16. The molecule has 2 rings (SSSR count). The Balaban J connectivity index is 2.75. The van der Waals surface area contributed by atoms with E-state index >= 15 is 0 Å². The highest BCUT2D eigenvalue weighted by Crippen LogP contribution is 2.25. The number of oxazole rings is 1. The molecule has 2 heterocycles. The van der Waals surface area contributed by atoms with Gasteiger partial charge in [0.05, 0.1) is 0 Å². The van der Waals surface area contributed by atoms with E-state index in [1.807, 2.05) is 0 Å². The first kappa shape index (κ1) is 7.20. The molecule has 0 radical (unpaired) electrons. The fourth-order valence-corrected chi connectivity index (χ4v) is 1.04. The van der Waals surface area contributed by atoms with Crippen LogP contribution in [-0.2, 0) is 7.05 Å². The average molecular weight is 173 g/mol. The Bertz CT molecular complexity index is 406. The number of hydrogen-bond acceptors (Lipinski definition) is 3. The maximum atomic E-state index is 12.2. The van der Waals surface area contributed by atoms with Crippen LogP contribution in [0.25, 0.3) is 11.2 Å². The van der Waals surface area contributed by atoms with Gasteiger partial charge in [0.25, 0.3) is 6.43 Å². The van der Waals surface area contributed by atoms with E-state index < -0.39 is 6.43 Å². The molecule has 0 aliphatic rings. The van der Waals surface area contributed by atoms with Crippen LogP contribution in [0.15, 0.2) is 10.8 Å². The smallest absolute Gasteiger partial charge is 0.285 e. The van der Waals surface area contributed by atoms with Crippen molar-refractivity contribution in [3.63, 3.8) is 0 Å². The maximum Gasteiger partial charge on any atom is 0.285 e. The standard InChI is InChI=1S/C6H5F2N3O/c1-11-6-4(12-2-9-6)3(10-11)5(7)8/h2,5H,1H3. The number of halogens is 2. The van der Waals surface area contributed by atoms with Crippen molar-refractivity contribution in [3.8, 4) is 0 Å². The predicted octanol–water partition coefficient (Wildman–Crippen LogP) is 1.50. The first-order chi connectivity index (χ1) is 5.70. The predicted molar refractivity (Wildman–Crippen MR) is 35.7 cm³/mol. The zero-order chi connectivity index (χ0) is 8.72. The van der Waals surface area contributed by atoms with Crippen LogP contribution in [0, 0.1) is 0 Å². The molecule has 0 spiro atoms. The van der Waals surface area contributed by atoms with Gasteiger partial charge in [0.15, 0.2) is 17.7 Å². The number of nitrogens with zero attached hydrogens (tertiary/aromatic N) is 3. The summed E-state index contributed by atoms with van der Waals surface area (Å²) in [5.41, 5.74) is 0.0443. The van der Waals surface area contributed by atoms with Crippen molar-refractivity contribution in [1.82, 2.24) is 14.8 Å². The molecule has 0 aliphatic carbocycles. The molecule has 0 aromatic carbocycles. The van der Waals surface area contributed by atoms with Crippen molar-refractivity contribution < 1.29 is 13.2 Å². The van der Waals surface area contributed by atoms with Gasteiger partial charge in [-0.25, -0.2) is 13.5 Å². The number of rotatable bonds is 1. The Morgan fingerprint density at radius 1 is 1.58 bits per heavy atom. The minimum absolute atomic E-state index is 0.0625. The molecule has 0 N–H and O–H groups in total.